The first-order valence-corrected chi connectivity index (χ1v) is 6.67. The van der Waals surface area contributed by atoms with Crippen LogP contribution in [-0.4, -0.2) is 11.1 Å². The van der Waals surface area contributed by atoms with Crippen LogP contribution in [0.1, 0.15) is 17.7 Å². The number of halogens is 1. The Morgan fingerprint density at radius 2 is 2.10 bits per heavy atom. The van der Waals surface area contributed by atoms with Gasteiger partial charge in [0.2, 0.25) is 6.33 Å². The Morgan fingerprint density at radius 3 is 2.70 bits per heavy atom. The zero-order valence-electron chi connectivity index (χ0n) is 12.4. The molecule has 0 spiro atoms. The predicted molar refractivity (Wildman–Crippen MR) is 79.0 cm³/mol. The van der Waals surface area contributed by atoms with E-state index in [4.69, 9.17) is 5.73 Å². The molecule has 2 aromatic rings. The second-order valence-corrected chi connectivity index (χ2v) is 5.11. The molecule has 0 saturated heterocycles. The third-order valence-corrected chi connectivity index (χ3v) is 3.37. The van der Waals surface area contributed by atoms with Gasteiger partial charge >= 0.3 is 0 Å². The maximum atomic E-state index is 5.81. The maximum absolute atomic E-state index is 5.81. The van der Waals surface area contributed by atoms with Gasteiger partial charge in [0.15, 0.2) is 0 Å². The Bertz CT molecular complexity index is 563. The van der Waals surface area contributed by atoms with E-state index in [0.29, 0.717) is 0 Å². The topological polar surface area (TPSA) is 46.9 Å². The molecule has 0 aliphatic carbocycles. The summed E-state index contributed by atoms with van der Waals surface area (Å²) < 4.78 is 4.26. The molecule has 0 radical (unpaired) electrons. The van der Waals surface area contributed by atoms with Crippen molar-refractivity contribution in [2.45, 2.75) is 19.8 Å². The van der Waals surface area contributed by atoms with Crippen molar-refractivity contribution in [2.75, 3.05) is 17.6 Å². The molecule has 1 aromatic carbocycles. The highest BCUT2D eigenvalue weighted by Gasteiger charge is 2.06. The molecular weight excluding hydrogens is 272 g/mol. The zero-order chi connectivity index (χ0) is 13.8. The number of benzene rings is 1. The maximum Gasteiger partial charge on any atom is 0.243 e. The van der Waals surface area contributed by atoms with E-state index in [9.17, 15) is 0 Å². The lowest BCUT2D eigenvalue weighted by atomic mass is 10.2. The van der Waals surface area contributed by atoms with Crippen LogP contribution < -0.4 is 28.0 Å². The van der Waals surface area contributed by atoms with Gasteiger partial charge in [0.05, 0.1) is 14.1 Å². The Labute approximate surface area is 127 Å². The van der Waals surface area contributed by atoms with Crippen LogP contribution in [0, 0.1) is 6.92 Å². The molecule has 0 amide bonds. The number of aryl methyl sites for hydroxylation is 4. The Morgan fingerprint density at radius 1 is 1.35 bits per heavy atom. The number of rotatable bonds is 5. The van der Waals surface area contributed by atoms with Gasteiger partial charge in [0.25, 0.3) is 0 Å². The largest absolute Gasteiger partial charge is 1.00 e. The van der Waals surface area contributed by atoms with E-state index >= 15 is 0 Å². The molecule has 20 heavy (non-hydrogen) atoms. The molecule has 0 bridgehead atoms. The lowest BCUT2D eigenvalue weighted by Gasteiger charge is -2.08. The van der Waals surface area contributed by atoms with E-state index in [-0.39, 0.29) is 12.4 Å². The number of nitrogen functional groups attached to an aromatic ring is 1. The lowest BCUT2D eigenvalue weighted by molar-refractivity contribution is -0.671. The predicted octanol–water partition coefficient (Wildman–Crippen LogP) is -1.21. The van der Waals surface area contributed by atoms with Crippen LogP contribution >= 0.6 is 0 Å². The molecule has 0 atom stereocenters. The van der Waals surface area contributed by atoms with Gasteiger partial charge in [0.1, 0.15) is 11.9 Å². The number of nitrogens with one attached hydrogen (secondary N) is 1. The first kappa shape index (κ1) is 16.4. The molecular formula is C15H23ClN4. The van der Waals surface area contributed by atoms with E-state index in [1.54, 1.807) is 0 Å². The van der Waals surface area contributed by atoms with Crippen LogP contribution in [0.5, 0.6) is 0 Å². The molecule has 1 aromatic heterocycles. The minimum Gasteiger partial charge on any atom is -1.00 e. The SMILES string of the molecule is Cc1cc(NCCCc2c[n+](C)cn2C)ccc1N.[Cl-]. The smallest absolute Gasteiger partial charge is 0.243 e. The van der Waals surface area contributed by atoms with Crippen LogP contribution in [0.3, 0.4) is 0 Å². The fourth-order valence-corrected chi connectivity index (χ4v) is 2.24. The van der Waals surface area contributed by atoms with Gasteiger partial charge in [-0.1, -0.05) is 0 Å². The molecule has 4 nitrogen and oxygen atoms in total. The van der Waals surface area contributed by atoms with Crippen molar-refractivity contribution in [1.29, 1.82) is 0 Å². The molecule has 2 rings (SSSR count). The molecule has 0 aliphatic heterocycles. The average molecular weight is 295 g/mol. The van der Waals surface area contributed by atoms with Gasteiger partial charge in [-0.15, -0.1) is 0 Å². The summed E-state index contributed by atoms with van der Waals surface area (Å²) in [7, 11) is 4.14. The van der Waals surface area contributed by atoms with Crippen molar-refractivity contribution in [3.63, 3.8) is 0 Å². The summed E-state index contributed by atoms with van der Waals surface area (Å²) in [6.45, 7) is 3.00. The minimum absolute atomic E-state index is 0. The fraction of sp³-hybridized carbons (Fsp3) is 0.400. The van der Waals surface area contributed by atoms with Gasteiger partial charge in [-0.25, -0.2) is 9.13 Å². The minimum atomic E-state index is 0. The van der Waals surface area contributed by atoms with E-state index < -0.39 is 0 Å². The Hall–Kier alpha value is -1.68. The summed E-state index contributed by atoms with van der Waals surface area (Å²) in [6.07, 6.45) is 6.46. The second kappa shape index (κ2) is 7.20. The summed E-state index contributed by atoms with van der Waals surface area (Å²) in [5, 5.41) is 3.44. The summed E-state index contributed by atoms with van der Waals surface area (Å²) in [4.78, 5) is 0. The Balaban J connectivity index is 0.00000200. The highest BCUT2D eigenvalue weighted by Crippen LogP contribution is 2.16. The van der Waals surface area contributed by atoms with Crippen molar-refractivity contribution in [3.05, 3.63) is 42.0 Å². The van der Waals surface area contributed by atoms with Gasteiger partial charge in [-0.2, -0.15) is 0 Å². The highest BCUT2D eigenvalue weighted by molar-refractivity contribution is 5.56. The molecule has 1 heterocycles. The first-order valence-electron chi connectivity index (χ1n) is 6.67. The van der Waals surface area contributed by atoms with Crippen LogP contribution in [0.4, 0.5) is 11.4 Å². The molecule has 5 heteroatoms. The number of nitrogens with zero attached hydrogens (tertiary/aromatic N) is 2. The molecule has 0 saturated carbocycles. The van der Waals surface area contributed by atoms with E-state index in [2.05, 4.69) is 47.1 Å². The molecule has 110 valence electrons. The van der Waals surface area contributed by atoms with E-state index in [1.165, 1.54) is 5.69 Å². The van der Waals surface area contributed by atoms with E-state index in [0.717, 1.165) is 36.3 Å². The van der Waals surface area contributed by atoms with Crippen molar-refractivity contribution in [1.82, 2.24) is 4.57 Å². The number of imidazole rings is 1. The van der Waals surface area contributed by atoms with Crippen molar-refractivity contribution in [3.8, 4) is 0 Å². The van der Waals surface area contributed by atoms with Crippen LogP contribution in [0.2, 0.25) is 0 Å². The van der Waals surface area contributed by atoms with Crippen molar-refractivity contribution < 1.29 is 17.0 Å². The summed E-state index contributed by atoms with van der Waals surface area (Å²) in [5.74, 6) is 0. The quantitative estimate of drug-likeness (QED) is 0.413. The second-order valence-electron chi connectivity index (χ2n) is 5.11. The van der Waals surface area contributed by atoms with Gasteiger partial charge in [-0.05, 0) is 37.1 Å². The molecule has 0 unspecified atom stereocenters. The zero-order valence-corrected chi connectivity index (χ0v) is 13.1. The van der Waals surface area contributed by atoms with Crippen LogP contribution in [0.15, 0.2) is 30.7 Å². The summed E-state index contributed by atoms with van der Waals surface area (Å²) in [6, 6.07) is 6.08. The Kier molecular flexibility index (Phi) is 5.89. The standard InChI is InChI=1S/C15H23N4.ClH/c1-12-9-13(6-7-15(12)16)17-8-4-5-14-10-18(2)11-19(14)3;/h6-7,9-11,17H,4-5,8,16H2,1-3H3;1H/q+1;/p-1. The molecule has 0 aliphatic rings. The molecule has 3 N–H and O–H groups in total. The van der Waals surface area contributed by atoms with E-state index in [1.807, 2.05) is 19.1 Å². The monoisotopic (exact) mass is 294 g/mol. The number of nitrogens with two attached hydrogens (primary N) is 1. The number of hydrogen-bond acceptors (Lipinski definition) is 2. The third kappa shape index (κ3) is 4.17. The van der Waals surface area contributed by atoms with Gasteiger partial charge in [0, 0.05) is 24.3 Å². The van der Waals surface area contributed by atoms with Crippen molar-refractivity contribution >= 4 is 11.4 Å². The van der Waals surface area contributed by atoms with Gasteiger partial charge in [-0.3, -0.25) is 0 Å². The van der Waals surface area contributed by atoms with Gasteiger partial charge < -0.3 is 23.5 Å². The number of aromatic nitrogens is 2. The first-order chi connectivity index (χ1) is 9.06. The highest BCUT2D eigenvalue weighted by atomic mass is 35.5. The van der Waals surface area contributed by atoms with Crippen LogP contribution in [0.25, 0.3) is 0 Å². The molecule has 0 fully saturated rings. The summed E-state index contributed by atoms with van der Waals surface area (Å²) in [5.41, 5.74) is 10.3. The third-order valence-electron chi connectivity index (χ3n) is 3.37. The fourth-order valence-electron chi connectivity index (χ4n) is 2.24. The number of anilines is 2. The normalized spacial score (nSPS) is 10.2. The summed E-state index contributed by atoms with van der Waals surface area (Å²) >= 11 is 0. The van der Waals surface area contributed by atoms with Crippen molar-refractivity contribution in [2.24, 2.45) is 14.1 Å². The number of hydrogen-bond donors (Lipinski definition) is 2. The van der Waals surface area contributed by atoms with Crippen LogP contribution in [-0.2, 0) is 20.5 Å². The lowest BCUT2D eigenvalue weighted by Crippen LogP contribution is -3.00. The average Bonchev–Trinajstić information content (AvgIpc) is 2.68.